The first-order valence-corrected chi connectivity index (χ1v) is 7.18. The Morgan fingerprint density at radius 1 is 1.24 bits per heavy atom. The highest BCUT2D eigenvalue weighted by Gasteiger charge is 2.15. The van der Waals surface area contributed by atoms with Crippen LogP contribution in [-0.2, 0) is 13.0 Å². The van der Waals surface area contributed by atoms with Gasteiger partial charge in [-0.05, 0) is 26.0 Å². The number of hydrazine groups is 1. The summed E-state index contributed by atoms with van der Waals surface area (Å²) in [6.07, 6.45) is 2.57. The van der Waals surface area contributed by atoms with Crippen molar-refractivity contribution in [3.05, 3.63) is 41.5 Å². The molecule has 2 aromatic heterocycles. The largest absolute Gasteiger partial charge is 0.351 e. The van der Waals surface area contributed by atoms with Crippen LogP contribution in [0, 0.1) is 6.92 Å². The molecule has 0 saturated heterocycles. The number of nitrogens with zero attached hydrogens (tertiary/aromatic N) is 4. The van der Waals surface area contributed by atoms with Crippen molar-refractivity contribution in [2.75, 3.05) is 16.9 Å². The minimum atomic E-state index is 0.677. The van der Waals surface area contributed by atoms with Gasteiger partial charge in [-0.15, -0.1) is 0 Å². The van der Waals surface area contributed by atoms with E-state index >= 15 is 0 Å². The average Bonchev–Trinajstić information content (AvgIpc) is 2.54. The van der Waals surface area contributed by atoms with Crippen LogP contribution in [0.5, 0.6) is 0 Å². The Hall–Kier alpha value is -2.21. The molecule has 0 spiro atoms. The summed E-state index contributed by atoms with van der Waals surface area (Å²) in [6, 6.07) is 5.93. The SMILES string of the molecule is CCc1nc(NN)c(C)c(N(CC)Cc2ccccn2)n1. The van der Waals surface area contributed by atoms with E-state index in [0.29, 0.717) is 12.4 Å². The molecule has 0 aromatic carbocycles. The highest BCUT2D eigenvalue weighted by atomic mass is 15.3. The van der Waals surface area contributed by atoms with Crippen molar-refractivity contribution in [1.82, 2.24) is 15.0 Å². The maximum Gasteiger partial charge on any atom is 0.148 e. The molecule has 0 radical (unpaired) electrons. The molecule has 0 amide bonds. The number of nitrogens with one attached hydrogen (secondary N) is 1. The van der Waals surface area contributed by atoms with Gasteiger partial charge in [-0.1, -0.05) is 13.0 Å². The molecule has 0 fully saturated rings. The number of rotatable bonds is 6. The van der Waals surface area contributed by atoms with Gasteiger partial charge in [0, 0.05) is 24.7 Å². The lowest BCUT2D eigenvalue weighted by molar-refractivity contribution is 0.775. The zero-order chi connectivity index (χ0) is 15.2. The molecule has 6 nitrogen and oxygen atoms in total. The van der Waals surface area contributed by atoms with Gasteiger partial charge in [0.1, 0.15) is 17.5 Å². The van der Waals surface area contributed by atoms with E-state index in [1.807, 2.05) is 32.0 Å². The first-order chi connectivity index (χ1) is 10.2. The fraction of sp³-hybridized carbons (Fsp3) is 0.400. The molecular weight excluding hydrogens is 264 g/mol. The number of aryl methyl sites for hydroxylation is 1. The van der Waals surface area contributed by atoms with Crippen LogP contribution in [0.4, 0.5) is 11.6 Å². The number of nitrogens with two attached hydrogens (primary N) is 1. The third-order valence-electron chi connectivity index (χ3n) is 3.38. The summed E-state index contributed by atoms with van der Waals surface area (Å²) in [5, 5.41) is 0. The fourth-order valence-corrected chi connectivity index (χ4v) is 2.18. The van der Waals surface area contributed by atoms with Crippen LogP contribution >= 0.6 is 0 Å². The molecule has 6 heteroatoms. The molecule has 0 bridgehead atoms. The molecule has 2 aromatic rings. The summed E-state index contributed by atoms with van der Waals surface area (Å²) < 4.78 is 0. The predicted molar refractivity (Wildman–Crippen MR) is 84.9 cm³/mol. The van der Waals surface area contributed by atoms with Gasteiger partial charge >= 0.3 is 0 Å². The zero-order valence-electron chi connectivity index (χ0n) is 12.8. The minimum Gasteiger partial charge on any atom is -0.351 e. The Bertz CT molecular complexity index is 584. The van der Waals surface area contributed by atoms with Crippen LogP contribution in [0.2, 0.25) is 0 Å². The molecule has 0 atom stereocenters. The van der Waals surface area contributed by atoms with Crippen LogP contribution in [-0.4, -0.2) is 21.5 Å². The predicted octanol–water partition coefficient (Wildman–Crippen LogP) is 2.05. The lowest BCUT2D eigenvalue weighted by Gasteiger charge is -2.24. The Labute approximate surface area is 125 Å². The molecule has 0 aliphatic heterocycles. The number of anilines is 2. The van der Waals surface area contributed by atoms with Gasteiger partial charge in [-0.25, -0.2) is 15.8 Å². The van der Waals surface area contributed by atoms with Crippen LogP contribution in [0.15, 0.2) is 24.4 Å². The number of pyridine rings is 1. The van der Waals surface area contributed by atoms with E-state index in [0.717, 1.165) is 35.9 Å². The van der Waals surface area contributed by atoms with Gasteiger partial charge in [-0.3, -0.25) is 4.98 Å². The van der Waals surface area contributed by atoms with E-state index in [4.69, 9.17) is 5.84 Å². The Kier molecular flexibility index (Phi) is 5.05. The van der Waals surface area contributed by atoms with Gasteiger partial charge in [0.15, 0.2) is 0 Å². The van der Waals surface area contributed by atoms with E-state index in [1.165, 1.54) is 0 Å². The summed E-state index contributed by atoms with van der Waals surface area (Å²) in [5.41, 5.74) is 4.62. The number of nitrogen functional groups attached to an aromatic ring is 1. The Balaban J connectivity index is 2.37. The first-order valence-electron chi connectivity index (χ1n) is 7.18. The van der Waals surface area contributed by atoms with Crippen molar-refractivity contribution in [2.24, 2.45) is 5.84 Å². The Morgan fingerprint density at radius 3 is 2.62 bits per heavy atom. The average molecular weight is 286 g/mol. The van der Waals surface area contributed by atoms with E-state index in [9.17, 15) is 0 Å². The van der Waals surface area contributed by atoms with Crippen molar-refractivity contribution in [3.63, 3.8) is 0 Å². The van der Waals surface area contributed by atoms with Crippen molar-refractivity contribution >= 4 is 11.6 Å². The molecule has 2 heterocycles. The second-order valence-corrected chi connectivity index (χ2v) is 4.77. The van der Waals surface area contributed by atoms with Gasteiger partial charge in [0.25, 0.3) is 0 Å². The maximum atomic E-state index is 5.57. The van der Waals surface area contributed by atoms with Crippen molar-refractivity contribution in [3.8, 4) is 0 Å². The van der Waals surface area contributed by atoms with Crippen molar-refractivity contribution in [1.29, 1.82) is 0 Å². The lowest BCUT2D eigenvalue weighted by atomic mass is 10.2. The molecular formula is C15H22N6. The molecule has 0 saturated carbocycles. The van der Waals surface area contributed by atoms with E-state index < -0.39 is 0 Å². The van der Waals surface area contributed by atoms with Crippen LogP contribution in [0.1, 0.15) is 30.9 Å². The normalized spacial score (nSPS) is 10.5. The monoisotopic (exact) mass is 286 g/mol. The number of aromatic nitrogens is 3. The van der Waals surface area contributed by atoms with E-state index in [1.54, 1.807) is 6.20 Å². The van der Waals surface area contributed by atoms with E-state index in [2.05, 4.69) is 32.2 Å². The van der Waals surface area contributed by atoms with Crippen LogP contribution in [0.3, 0.4) is 0 Å². The smallest absolute Gasteiger partial charge is 0.148 e. The number of hydrogen-bond acceptors (Lipinski definition) is 6. The molecule has 0 aliphatic carbocycles. The van der Waals surface area contributed by atoms with Crippen molar-refractivity contribution in [2.45, 2.75) is 33.7 Å². The summed E-state index contributed by atoms with van der Waals surface area (Å²) in [5.74, 6) is 7.93. The summed E-state index contributed by atoms with van der Waals surface area (Å²) >= 11 is 0. The highest BCUT2D eigenvalue weighted by molar-refractivity contribution is 5.58. The molecule has 21 heavy (non-hydrogen) atoms. The third kappa shape index (κ3) is 3.46. The Morgan fingerprint density at radius 2 is 2.05 bits per heavy atom. The molecule has 3 N–H and O–H groups in total. The lowest BCUT2D eigenvalue weighted by Crippen LogP contribution is -2.26. The molecule has 2 rings (SSSR count). The van der Waals surface area contributed by atoms with Gasteiger partial charge in [-0.2, -0.15) is 0 Å². The number of hydrogen-bond donors (Lipinski definition) is 2. The van der Waals surface area contributed by atoms with Crippen LogP contribution in [0.25, 0.3) is 0 Å². The summed E-state index contributed by atoms with van der Waals surface area (Å²) in [4.78, 5) is 15.6. The standard InChI is InChI=1S/C15H22N6/c1-4-13-18-14(20-16)11(3)15(19-13)21(5-2)10-12-8-6-7-9-17-12/h6-9H,4-5,10,16H2,1-3H3,(H,18,19,20). The van der Waals surface area contributed by atoms with Gasteiger partial charge in [0.05, 0.1) is 12.2 Å². The van der Waals surface area contributed by atoms with E-state index in [-0.39, 0.29) is 0 Å². The molecule has 112 valence electrons. The first kappa shape index (κ1) is 15.2. The topological polar surface area (TPSA) is 80.0 Å². The highest BCUT2D eigenvalue weighted by Crippen LogP contribution is 2.24. The zero-order valence-corrected chi connectivity index (χ0v) is 12.8. The molecule has 0 unspecified atom stereocenters. The maximum absolute atomic E-state index is 5.57. The quantitative estimate of drug-likeness (QED) is 0.625. The van der Waals surface area contributed by atoms with Crippen LogP contribution < -0.4 is 16.2 Å². The second kappa shape index (κ2) is 6.99. The van der Waals surface area contributed by atoms with Gasteiger partial charge in [0.2, 0.25) is 0 Å². The van der Waals surface area contributed by atoms with Crippen molar-refractivity contribution < 1.29 is 0 Å². The molecule has 0 aliphatic rings. The second-order valence-electron chi connectivity index (χ2n) is 4.77. The minimum absolute atomic E-state index is 0.677. The summed E-state index contributed by atoms with van der Waals surface area (Å²) in [7, 11) is 0. The van der Waals surface area contributed by atoms with Gasteiger partial charge < -0.3 is 10.3 Å². The fourth-order valence-electron chi connectivity index (χ4n) is 2.18. The third-order valence-corrected chi connectivity index (χ3v) is 3.38. The summed E-state index contributed by atoms with van der Waals surface area (Å²) in [6.45, 7) is 7.66.